The first-order valence-electron chi connectivity index (χ1n) is 6.45. The smallest absolute Gasteiger partial charge is 0.195 e. The fraction of sp³-hybridized carbons (Fsp3) is 0.118. The number of carbonyl (C=O) groups excluding carboxylic acids is 1. The number of H-pyrrole nitrogens is 1. The van der Waals surface area contributed by atoms with Crippen LogP contribution in [0, 0.1) is 13.8 Å². The molecule has 0 saturated heterocycles. The Kier molecular flexibility index (Phi) is 3.11. The van der Waals surface area contributed by atoms with Crippen LogP contribution >= 0.6 is 11.6 Å². The Hall–Kier alpha value is -2.06. The zero-order valence-corrected chi connectivity index (χ0v) is 12.1. The Morgan fingerprint density at radius 2 is 1.85 bits per heavy atom. The van der Waals surface area contributed by atoms with Crippen molar-refractivity contribution in [3.63, 3.8) is 0 Å². The Morgan fingerprint density at radius 3 is 2.65 bits per heavy atom. The summed E-state index contributed by atoms with van der Waals surface area (Å²) in [7, 11) is 0. The molecule has 0 unspecified atom stereocenters. The first kappa shape index (κ1) is 12.9. The van der Waals surface area contributed by atoms with Crippen molar-refractivity contribution in [1.29, 1.82) is 0 Å². The van der Waals surface area contributed by atoms with Crippen molar-refractivity contribution in [2.24, 2.45) is 0 Å². The number of aromatic nitrogens is 1. The molecule has 0 atom stereocenters. The van der Waals surface area contributed by atoms with Gasteiger partial charge in [-0.3, -0.25) is 4.79 Å². The lowest BCUT2D eigenvalue weighted by molar-refractivity contribution is 0.104. The molecule has 2 aromatic carbocycles. The van der Waals surface area contributed by atoms with Gasteiger partial charge in [-0.05, 0) is 43.7 Å². The summed E-state index contributed by atoms with van der Waals surface area (Å²) in [6.07, 6.45) is 1.77. The average Bonchev–Trinajstić information content (AvgIpc) is 2.83. The van der Waals surface area contributed by atoms with Gasteiger partial charge in [0.1, 0.15) is 0 Å². The van der Waals surface area contributed by atoms with E-state index in [1.165, 1.54) is 0 Å². The number of carbonyl (C=O) groups is 1. The molecule has 20 heavy (non-hydrogen) atoms. The number of benzene rings is 2. The Labute approximate surface area is 122 Å². The van der Waals surface area contributed by atoms with Crippen LogP contribution in [0.25, 0.3) is 10.9 Å². The summed E-state index contributed by atoms with van der Waals surface area (Å²) in [5.74, 6) is 0.00171. The largest absolute Gasteiger partial charge is 0.360 e. The number of hydrogen-bond donors (Lipinski definition) is 1. The number of hydrogen-bond acceptors (Lipinski definition) is 1. The molecule has 0 saturated carbocycles. The third kappa shape index (κ3) is 2.12. The van der Waals surface area contributed by atoms with E-state index in [4.69, 9.17) is 11.6 Å². The molecule has 3 rings (SSSR count). The van der Waals surface area contributed by atoms with E-state index in [2.05, 4.69) is 4.98 Å². The van der Waals surface area contributed by atoms with E-state index in [1.54, 1.807) is 18.3 Å². The van der Waals surface area contributed by atoms with Gasteiger partial charge in [0.15, 0.2) is 5.78 Å². The fourth-order valence-corrected chi connectivity index (χ4v) is 2.58. The summed E-state index contributed by atoms with van der Waals surface area (Å²) in [6, 6.07) is 11.4. The van der Waals surface area contributed by atoms with Crippen LogP contribution in [0.3, 0.4) is 0 Å². The molecular weight excluding hydrogens is 270 g/mol. The van der Waals surface area contributed by atoms with Crippen LogP contribution < -0.4 is 0 Å². The SMILES string of the molecule is Cc1ccc2[nH]cc(C(=O)c3cc(Cl)ccc3C)c2c1. The van der Waals surface area contributed by atoms with E-state index in [0.29, 0.717) is 16.1 Å². The molecule has 0 radical (unpaired) electrons. The van der Waals surface area contributed by atoms with Crippen molar-refractivity contribution < 1.29 is 4.79 Å². The van der Waals surface area contributed by atoms with Gasteiger partial charge in [0.2, 0.25) is 0 Å². The number of aromatic amines is 1. The third-order valence-corrected chi connectivity index (χ3v) is 3.76. The van der Waals surface area contributed by atoms with Crippen LogP contribution in [0.2, 0.25) is 5.02 Å². The summed E-state index contributed by atoms with van der Waals surface area (Å²) in [6.45, 7) is 3.94. The van der Waals surface area contributed by atoms with Crippen LogP contribution in [0.15, 0.2) is 42.6 Å². The van der Waals surface area contributed by atoms with Gasteiger partial charge >= 0.3 is 0 Å². The molecule has 0 fully saturated rings. The van der Waals surface area contributed by atoms with Crippen LogP contribution in [-0.2, 0) is 0 Å². The zero-order chi connectivity index (χ0) is 14.3. The monoisotopic (exact) mass is 283 g/mol. The van der Waals surface area contributed by atoms with Gasteiger partial charge in [0.05, 0.1) is 0 Å². The summed E-state index contributed by atoms with van der Waals surface area (Å²) in [5.41, 5.74) is 4.38. The minimum atomic E-state index is 0.00171. The molecule has 0 spiro atoms. The molecule has 0 aliphatic carbocycles. The van der Waals surface area contributed by atoms with Crippen molar-refractivity contribution in [3.8, 4) is 0 Å². The second-order valence-corrected chi connectivity index (χ2v) is 5.48. The molecule has 3 aromatic rings. The lowest BCUT2D eigenvalue weighted by Gasteiger charge is -2.05. The molecule has 1 N–H and O–H groups in total. The quantitative estimate of drug-likeness (QED) is 0.681. The predicted molar refractivity (Wildman–Crippen MR) is 82.7 cm³/mol. The average molecular weight is 284 g/mol. The number of ketones is 1. The molecule has 0 amide bonds. The fourth-order valence-electron chi connectivity index (χ4n) is 2.41. The topological polar surface area (TPSA) is 32.9 Å². The van der Waals surface area contributed by atoms with Crippen LogP contribution in [0.1, 0.15) is 27.0 Å². The second-order valence-electron chi connectivity index (χ2n) is 5.04. The van der Waals surface area contributed by atoms with Gasteiger partial charge in [-0.1, -0.05) is 29.3 Å². The highest BCUT2D eigenvalue weighted by Crippen LogP contribution is 2.25. The maximum absolute atomic E-state index is 12.7. The van der Waals surface area contributed by atoms with Crippen molar-refractivity contribution >= 4 is 28.3 Å². The van der Waals surface area contributed by atoms with E-state index < -0.39 is 0 Å². The van der Waals surface area contributed by atoms with Gasteiger partial charge in [-0.15, -0.1) is 0 Å². The molecule has 100 valence electrons. The molecule has 1 aromatic heterocycles. The molecule has 1 heterocycles. The summed E-state index contributed by atoms with van der Waals surface area (Å²) < 4.78 is 0. The number of fused-ring (bicyclic) bond motifs is 1. The maximum atomic E-state index is 12.7. The summed E-state index contributed by atoms with van der Waals surface area (Å²) >= 11 is 6.01. The minimum Gasteiger partial charge on any atom is -0.360 e. The van der Waals surface area contributed by atoms with Gasteiger partial charge in [-0.25, -0.2) is 0 Å². The molecule has 3 heteroatoms. The van der Waals surface area contributed by atoms with Crippen molar-refractivity contribution in [3.05, 3.63) is 69.9 Å². The summed E-state index contributed by atoms with van der Waals surface area (Å²) in [4.78, 5) is 15.9. The normalized spacial score (nSPS) is 10.9. The molecule has 0 aliphatic rings. The highest BCUT2D eigenvalue weighted by Gasteiger charge is 2.16. The number of halogens is 1. The highest BCUT2D eigenvalue weighted by atomic mass is 35.5. The third-order valence-electron chi connectivity index (χ3n) is 3.53. The Balaban J connectivity index is 2.17. The maximum Gasteiger partial charge on any atom is 0.195 e. The van der Waals surface area contributed by atoms with E-state index in [1.807, 2.05) is 38.1 Å². The highest BCUT2D eigenvalue weighted by molar-refractivity contribution is 6.31. The van der Waals surface area contributed by atoms with Gasteiger partial charge in [0, 0.05) is 33.2 Å². The lowest BCUT2D eigenvalue weighted by Crippen LogP contribution is -2.03. The van der Waals surface area contributed by atoms with Gasteiger partial charge < -0.3 is 4.98 Å². The zero-order valence-electron chi connectivity index (χ0n) is 11.3. The molecule has 0 bridgehead atoms. The minimum absolute atomic E-state index is 0.00171. The van der Waals surface area contributed by atoms with Crippen LogP contribution in [0.5, 0.6) is 0 Å². The van der Waals surface area contributed by atoms with E-state index in [0.717, 1.165) is 22.0 Å². The Bertz CT molecular complexity index is 817. The Morgan fingerprint density at radius 1 is 1.05 bits per heavy atom. The van der Waals surface area contributed by atoms with E-state index in [-0.39, 0.29) is 5.78 Å². The molecular formula is C17H14ClNO. The number of aryl methyl sites for hydroxylation is 2. The van der Waals surface area contributed by atoms with Gasteiger partial charge in [0.25, 0.3) is 0 Å². The van der Waals surface area contributed by atoms with Crippen molar-refractivity contribution in [2.75, 3.05) is 0 Å². The van der Waals surface area contributed by atoms with E-state index >= 15 is 0 Å². The summed E-state index contributed by atoms with van der Waals surface area (Å²) in [5, 5.41) is 1.53. The standard InChI is InChI=1S/C17H14ClNO/c1-10-3-6-16-14(7-10)15(9-19-16)17(20)13-8-12(18)5-4-11(13)2/h3-9,19H,1-2H3. The van der Waals surface area contributed by atoms with E-state index in [9.17, 15) is 4.79 Å². The first-order valence-corrected chi connectivity index (χ1v) is 6.82. The van der Waals surface area contributed by atoms with Crippen molar-refractivity contribution in [1.82, 2.24) is 4.98 Å². The van der Waals surface area contributed by atoms with Gasteiger partial charge in [-0.2, -0.15) is 0 Å². The lowest BCUT2D eigenvalue weighted by atomic mass is 9.98. The molecule has 2 nitrogen and oxygen atoms in total. The van der Waals surface area contributed by atoms with Crippen LogP contribution in [-0.4, -0.2) is 10.8 Å². The number of rotatable bonds is 2. The molecule has 0 aliphatic heterocycles. The number of nitrogens with one attached hydrogen (secondary N) is 1. The van der Waals surface area contributed by atoms with Crippen LogP contribution in [0.4, 0.5) is 0 Å². The predicted octanol–water partition coefficient (Wildman–Crippen LogP) is 4.67. The first-order chi connectivity index (χ1) is 9.56. The van der Waals surface area contributed by atoms with Crippen molar-refractivity contribution in [2.45, 2.75) is 13.8 Å². The second kappa shape index (κ2) is 4.80.